The van der Waals surface area contributed by atoms with E-state index in [1.807, 2.05) is 12.1 Å². The lowest BCUT2D eigenvalue weighted by atomic mass is 10.0. The van der Waals surface area contributed by atoms with Crippen LogP contribution in [-0.2, 0) is 6.42 Å². The molecule has 0 aromatic heterocycles. The fraction of sp³-hybridized carbons (Fsp3) is 0.731. The van der Waals surface area contributed by atoms with Crippen molar-refractivity contribution in [1.29, 1.82) is 0 Å². The molecule has 0 saturated heterocycles. The van der Waals surface area contributed by atoms with E-state index in [1.165, 1.54) is 96.3 Å². The molecule has 176 valence electrons. The Morgan fingerprint density at radius 3 is 1.71 bits per heavy atom. The van der Waals surface area contributed by atoms with E-state index >= 15 is 0 Å². The van der Waals surface area contributed by atoms with Gasteiger partial charge in [-0.15, -0.1) is 0 Å². The predicted molar refractivity (Wildman–Crippen MR) is 127 cm³/mol. The van der Waals surface area contributed by atoms with Gasteiger partial charge in [-0.1, -0.05) is 114 Å². The van der Waals surface area contributed by atoms with Gasteiger partial charge in [-0.2, -0.15) is 0 Å². The van der Waals surface area contributed by atoms with E-state index in [0.29, 0.717) is 5.75 Å². The summed E-state index contributed by atoms with van der Waals surface area (Å²) in [6.45, 7) is 0.810. The number of aromatic carboxylic acids is 1. The standard InChI is InChI=1S/C26H44N2O3/c29-26(30)24-21-18-20-23-19-16-14-12-10-8-6-4-2-1-3-5-7-9-11-13-15-17-22-27-28-31-25(23)24/h18,20-21,27-28H,1-17,19,22H2,(H,29,30). The third kappa shape index (κ3) is 11.6. The number of carboxylic acid groups (broad SMARTS) is 1. The highest BCUT2D eigenvalue weighted by atomic mass is 16.7. The lowest BCUT2D eigenvalue weighted by Crippen LogP contribution is -2.36. The molecule has 1 heterocycles. The van der Waals surface area contributed by atoms with Gasteiger partial charge in [-0.05, 0) is 30.9 Å². The van der Waals surface area contributed by atoms with Gasteiger partial charge in [0.05, 0.1) is 0 Å². The minimum absolute atomic E-state index is 0.216. The van der Waals surface area contributed by atoms with Crippen LogP contribution < -0.4 is 15.9 Å². The summed E-state index contributed by atoms with van der Waals surface area (Å²) in [6.07, 6.45) is 23.1. The van der Waals surface area contributed by atoms with Gasteiger partial charge in [0.25, 0.3) is 0 Å². The molecule has 1 aromatic carbocycles. The summed E-state index contributed by atoms with van der Waals surface area (Å²) < 4.78 is 0. The Morgan fingerprint density at radius 1 is 0.710 bits per heavy atom. The number of aryl methyl sites for hydroxylation is 1. The summed E-state index contributed by atoms with van der Waals surface area (Å²) in [5, 5.41) is 9.54. The molecule has 0 radical (unpaired) electrons. The first kappa shape index (κ1) is 25.7. The van der Waals surface area contributed by atoms with Gasteiger partial charge < -0.3 is 9.94 Å². The molecule has 0 aliphatic carbocycles. The van der Waals surface area contributed by atoms with E-state index in [9.17, 15) is 9.90 Å². The number of rotatable bonds is 1. The van der Waals surface area contributed by atoms with Crippen molar-refractivity contribution in [3.05, 3.63) is 29.3 Å². The van der Waals surface area contributed by atoms with Crippen molar-refractivity contribution in [3.63, 3.8) is 0 Å². The van der Waals surface area contributed by atoms with E-state index in [1.54, 1.807) is 6.07 Å². The Morgan fingerprint density at radius 2 is 1.19 bits per heavy atom. The zero-order valence-electron chi connectivity index (χ0n) is 19.4. The van der Waals surface area contributed by atoms with Crippen molar-refractivity contribution >= 4 is 5.97 Å². The van der Waals surface area contributed by atoms with Gasteiger partial charge >= 0.3 is 5.97 Å². The van der Waals surface area contributed by atoms with Crippen molar-refractivity contribution in [3.8, 4) is 5.75 Å². The quantitative estimate of drug-likeness (QED) is 0.447. The second-order valence-corrected chi connectivity index (χ2v) is 8.99. The summed E-state index contributed by atoms with van der Waals surface area (Å²) in [6, 6.07) is 5.40. The van der Waals surface area contributed by atoms with Crippen molar-refractivity contribution < 1.29 is 14.7 Å². The number of carbonyl (C=O) groups is 1. The Kier molecular flexibility index (Phi) is 14.1. The summed E-state index contributed by atoms with van der Waals surface area (Å²) in [5.74, 6) is -0.510. The maximum Gasteiger partial charge on any atom is 0.339 e. The molecule has 1 aliphatic rings. The van der Waals surface area contributed by atoms with E-state index in [-0.39, 0.29) is 5.56 Å². The Hall–Kier alpha value is -1.59. The predicted octanol–water partition coefficient (Wildman–Crippen LogP) is 6.96. The number of benzene rings is 1. The summed E-state index contributed by atoms with van der Waals surface area (Å²) in [4.78, 5) is 17.3. The Labute approximate surface area is 189 Å². The van der Waals surface area contributed by atoms with Crippen molar-refractivity contribution in [2.45, 2.75) is 116 Å². The van der Waals surface area contributed by atoms with E-state index < -0.39 is 5.97 Å². The lowest BCUT2D eigenvalue weighted by Gasteiger charge is -2.15. The van der Waals surface area contributed by atoms with Gasteiger partial charge in [0.15, 0.2) is 5.75 Å². The highest BCUT2D eigenvalue weighted by molar-refractivity contribution is 5.91. The molecule has 0 spiro atoms. The zero-order valence-corrected chi connectivity index (χ0v) is 19.4. The minimum atomic E-state index is -0.952. The van der Waals surface area contributed by atoms with Crippen LogP contribution in [0, 0.1) is 0 Å². The molecule has 1 aliphatic heterocycles. The molecule has 3 N–H and O–H groups in total. The molecule has 0 bridgehead atoms. The van der Waals surface area contributed by atoms with Gasteiger partial charge in [-0.25, -0.2) is 10.2 Å². The smallest absolute Gasteiger partial charge is 0.339 e. The molecule has 5 nitrogen and oxygen atoms in total. The number of hydrogen-bond acceptors (Lipinski definition) is 4. The second kappa shape index (κ2) is 17.0. The van der Waals surface area contributed by atoms with E-state index in [2.05, 4.69) is 11.0 Å². The number of hydrogen-bond donors (Lipinski definition) is 3. The average Bonchev–Trinajstić information content (AvgIpc) is 2.77. The SMILES string of the molecule is O=C(O)c1cccc2c1ONNCCCCCCCCCCCCCCCCCCC2. The largest absolute Gasteiger partial charge is 0.478 e. The molecule has 2 rings (SSSR count). The molecule has 31 heavy (non-hydrogen) atoms. The van der Waals surface area contributed by atoms with Crippen LogP contribution in [0.5, 0.6) is 5.75 Å². The molecule has 0 fully saturated rings. The molecule has 0 saturated carbocycles. The van der Waals surface area contributed by atoms with E-state index in [4.69, 9.17) is 4.84 Å². The monoisotopic (exact) mass is 432 g/mol. The van der Waals surface area contributed by atoms with Crippen LogP contribution >= 0.6 is 0 Å². The number of hydrazine groups is 1. The number of fused-ring (bicyclic) bond motifs is 1. The number of nitrogens with one attached hydrogen (secondary N) is 2. The van der Waals surface area contributed by atoms with Crippen LogP contribution in [0.4, 0.5) is 0 Å². The summed E-state index contributed by atoms with van der Waals surface area (Å²) >= 11 is 0. The van der Waals surface area contributed by atoms with Crippen LogP contribution in [0.2, 0.25) is 0 Å². The molecule has 0 atom stereocenters. The topological polar surface area (TPSA) is 70.6 Å². The summed E-state index contributed by atoms with van der Waals surface area (Å²) in [7, 11) is 0. The van der Waals surface area contributed by atoms with Crippen molar-refractivity contribution in [1.82, 2.24) is 11.0 Å². The third-order valence-electron chi connectivity index (χ3n) is 6.30. The average molecular weight is 433 g/mol. The molecular weight excluding hydrogens is 388 g/mol. The third-order valence-corrected chi connectivity index (χ3v) is 6.30. The van der Waals surface area contributed by atoms with Gasteiger partial charge in [0.2, 0.25) is 0 Å². The van der Waals surface area contributed by atoms with Gasteiger partial charge in [0, 0.05) is 6.54 Å². The molecule has 0 amide bonds. The first-order valence-electron chi connectivity index (χ1n) is 12.8. The van der Waals surface area contributed by atoms with Crippen LogP contribution in [0.3, 0.4) is 0 Å². The van der Waals surface area contributed by atoms with Crippen molar-refractivity contribution in [2.24, 2.45) is 0 Å². The summed E-state index contributed by atoms with van der Waals surface area (Å²) in [5.41, 5.74) is 7.03. The van der Waals surface area contributed by atoms with Gasteiger partial charge in [-0.3, -0.25) is 0 Å². The molecule has 5 heteroatoms. The van der Waals surface area contributed by atoms with E-state index in [0.717, 1.165) is 31.4 Å². The minimum Gasteiger partial charge on any atom is -0.478 e. The van der Waals surface area contributed by atoms with Gasteiger partial charge in [0.1, 0.15) is 5.56 Å². The lowest BCUT2D eigenvalue weighted by molar-refractivity contribution is 0.0682. The second-order valence-electron chi connectivity index (χ2n) is 8.99. The fourth-order valence-electron chi connectivity index (χ4n) is 4.39. The molecule has 1 aromatic rings. The fourth-order valence-corrected chi connectivity index (χ4v) is 4.39. The van der Waals surface area contributed by atoms with Crippen LogP contribution in [0.25, 0.3) is 0 Å². The van der Waals surface area contributed by atoms with Crippen LogP contribution in [-0.4, -0.2) is 17.6 Å². The zero-order chi connectivity index (χ0) is 22.0. The first-order valence-corrected chi connectivity index (χ1v) is 12.8. The Bertz CT molecular complexity index is 606. The maximum absolute atomic E-state index is 11.6. The highest BCUT2D eigenvalue weighted by Gasteiger charge is 2.16. The maximum atomic E-state index is 11.6. The Balaban J connectivity index is 1.83. The molecular formula is C26H44N2O3. The number of carboxylic acids is 1. The molecule has 0 unspecified atom stereocenters. The van der Waals surface area contributed by atoms with Crippen molar-refractivity contribution in [2.75, 3.05) is 6.54 Å². The number of para-hydroxylation sites is 1. The highest BCUT2D eigenvalue weighted by Crippen LogP contribution is 2.26. The normalized spacial score (nSPS) is 20.0. The van der Waals surface area contributed by atoms with Crippen LogP contribution in [0.15, 0.2) is 18.2 Å². The first-order chi connectivity index (χ1) is 15.3. The van der Waals surface area contributed by atoms with Crippen LogP contribution in [0.1, 0.15) is 125 Å².